The highest BCUT2D eigenvalue weighted by Gasteiger charge is 2.34. The Morgan fingerprint density at radius 2 is 1.67 bits per heavy atom. The van der Waals surface area contributed by atoms with Crippen molar-refractivity contribution in [3.8, 4) is 0 Å². The molecule has 0 bridgehead atoms. The maximum absolute atomic E-state index is 11.6. The average Bonchev–Trinajstić information content (AvgIpc) is 2.40. The maximum Gasteiger partial charge on any atom is 0.330 e. The van der Waals surface area contributed by atoms with Crippen molar-refractivity contribution in [1.82, 2.24) is 0 Å². The van der Waals surface area contributed by atoms with E-state index in [1.807, 2.05) is 6.92 Å². The molecule has 18 heavy (non-hydrogen) atoms. The molecule has 102 valence electrons. The van der Waals surface area contributed by atoms with Crippen LogP contribution in [0, 0.1) is 11.8 Å². The normalized spacial score (nSPS) is 30.5. The fraction of sp³-hybridized carbons (Fsp3) is 0.812. The summed E-state index contributed by atoms with van der Waals surface area (Å²) in [6.45, 7) is 1.86. The smallest absolute Gasteiger partial charge is 0.330 e. The Morgan fingerprint density at radius 3 is 2.39 bits per heavy atom. The van der Waals surface area contributed by atoms with Gasteiger partial charge in [0, 0.05) is 6.08 Å². The van der Waals surface area contributed by atoms with Crippen molar-refractivity contribution < 1.29 is 9.53 Å². The summed E-state index contributed by atoms with van der Waals surface area (Å²) in [6, 6.07) is 0. The molecule has 0 radical (unpaired) electrons. The molecular formula is C16H26O2. The van der Waals surface area contributed by atoms with Gasteiger partial charge in [0.1, 0.15) is 6.10 Å². The first-order valence-corrected chi connectivity index (χ1v) is 7.64. The van der Waals surface area contributed by atoms with Crippen LogP contribution < -0.4 is 0 Å². The number of allylic oxidation sites excluding steroid dienone is 1. The minimum Gasteiger partial charge on any atom is -0.459 e. The number of carbonyl (C=O) groups excluding carboxylic acids is 1. The van der Waals surface area contributed by atoms with Crippen LogP contribution in [-0.2, 0) is 9.53 Å². The Kier molecular flexibility index (Phi) is 5.27. The van der Waals surface area contributed by atoms with E-state index in [2.05, 4.69) is 0 Å². The minimum absolute atomic E-state index is 0.148. The zero-order chi connectivity index (χ0) is 12.8. The predicted molar refractivity (Wildman–Crippen MR) is 73.2 cm³/mol. The maximum atomic E-state index is 11.6. The van der Waals surface area contributed by atoms with Gasteiger partial charge in [-0.2, -0.15) is 0 Å². The Labute approximate surface area is 111 Å². The van der Waals surface area contributed by atoms with Crippen LogP contribution in [0.3, 0.4) is 0 Å². The van der Waals surface area contributed by atoms with Gasteiger partial charge in [0.25, 0.3) is 0 Å². The van der Waals surface area contributed by atoms with Gasteiger partial charge in [-0.05, 0) is 38.0 Å². The van der Waals surface area contributed by atoms with E-state index in [0.29, 0.717) is 5.92 Å². The highest BCUT2D eigenvalue weighted by molar-refractivity contribution is 5.81. The molecule has 0 aliphatic heterocycles. The van der Waals surface area contributed by atoms with E-state index in [1.165, 1.54) is 51.4 Å². The molecule has 0 aromatic rings. The first-order chi connectivity index (χ1) is 8.81. The number of ether oxygens (including phenoxy) is 1. The van der Waals surface area contributed by atoms with Gasteiger partial charge in [-0.15, -0.1) is 0 Å². The number of esters is 1. The van der Waals surface area contributed by atoms with Gasteiger partial charge >= 0.3 is 5.97 Å². The van der Waals surface area contributed by atoms with Gasteiger partial charge in [0.2, 0.25) is 0 Å². The van der Waals surface area contributed by atoms with Gasteiger partial charge in [0.05, 0.1) is 0 Å². The first kappa shape index (κ1) is 13.6. The monoisotopic (exact) mass is 250 g/mol. The van der Waals surface area contributed by atoms with E-state index in [0.717, 1.165) is 12.3 Å². The van der Waals surface area contributed by atoms with E-state index in [-0.39, 0.29) is 12.1 Å². The summed E-state index contributed by atoms with van der Waals surface area (Å²) in [4.78, 5) is 11.6. The third kappa shape index (κ3) is 3.60. The molecule has 0 amide bonds. The largest absolute Gasteiger partial charge is 0.459 e. The second-order valence-electron chi connectivity index (χ2n) is 5.82. The van der Waals surface area contributed by atoms with Crippen molar-refractivity contribution in [3.63, 3.8) is 0 Å². The first-order valence-electron chi connectivity index (χ1n) is 7.64. The molecule has 0 spiro atoms. The van der Waals surface area contributed by atoms with Crippen molar-refractivity contribution >= 4 is 5.97 Å². The third-order valence-corrected chi connectivity index (χ3v) is 4.58. The van der Waals surface area contributed by atoms with Crippen LogP contribution in [0.15, 0.2) is 12.2 Å². The Morgan fingerprint density at radius 1 is 1.00 bits per heavy atom. The fourth-order valence-corrected chi connectivity index (χ4v) is 3.70. The highest BCUT2D eigenvalue weighted by Crippen LogP contribution is 2.39. The molecule has 2 nitrogen and oxygen atoms in total. The molecular weight excluding hydrogens is 224 g/mol. The summed E-state index contributed by atoms with van der Waals surface area (Å²) in [6.07, 6.45) is 15.2. The lowest BCUT2D eigenvalue weighted by atomic mass is 9.72. The Hall–Kier alpha value is -0.790. The van der Waals surface area contributed by atoms with Crippen molar-refractivity contribution in [2.24, 2.45) is 11.8 Å². The van der Waals surface area contributed by atoms with Crippen molar-refractivity contribution in [2.45, 2.75) is 70.8 Å². The van der Waals surface area contributed by atoms with Crippen LogP contribution in [0.2, 0.25) is 0 Å². The highest BCUT2D eigenvalue weighted by atomic mass is 16.5. The summed E-state index contributed by atoms with van der Waals surface area (Å²) in [5, 5.41) is 0. The van der Waals surface area contributed by atoms with Crippen molar-refractivity contribution in [2.75, 3.05) is 0 Å². The second-order valence-corrected chi connectivity index (χ2v) is 5.82. The van der Waals surface area contributed by atoms with E-state index < -0.39 is 0 Å². The Balaban J connectivity index is 1.94. The predicted octanol–water partition coefficient (Wildman–Crippen LogP) is 4.24. The topological polar surface area (TPSA) is 26.3 Å². The molecule has 2 fully saturated rings. The number of hydrogen-bond acceptors (Lipinski definition) is 2. The molecule has 2 unspecified atom stereocenters. The summed E-state index contributed by atoms with van der Waals surface area (Å²) in [7, 11) is 0. The zero-order valence-corrected chi connectivity index (χ0v) is 11.6. The van der Waals surface area contributed by atoms with Gasteiger partial charge in [-0.1, -0.05) is 44.6 Å². The quantitative estimate of drug-likeness (QED) is 0.553. The molecule has 2 aliphatic rings. The SMILES string of the molecule is C/C=C/C(=O)OC1CCCCC1C1CCCCC1. The second kappa shape index (κ2) is 6.96. The molecule has 2 saturated carbocycles. The van der Waals surface area contributed by atoms with Crippen LogP contribution in [0.1, 0.15) is 64.7 Å². The molecule has 2 atom stereocenters. The van der Waals surface area contributed by atoms with E-state index in [9.17, 15) is 4.79 Å². The van der Waals surface area contributed by atoms with Crippen LogP contribution in [0.5, 0.6) is 0 Å². The molecule has 0 heterocycles. The number of carbonyl (C=O) groups is 1. The van der Waals surface area contributed by atoms with Crippen LogP contribution in [0.25, 0.3) is 0 Å². The Bertz CT molecular complexity index is 289. The standard InChI is InChI=1S/C16H26O2/c1-2-8-16(17)18-15-12-7-6-11-14(15)13-9-4-3-5-10-13/h2,8,13-15H,3-7,9-12H2,1H3/b8-2+. The van der Waals surface area contributed by atoms with Crippen molar-refractivity contribution in [1.29, 1.82) is 0 Å². The molecule has 0 aromatic heterocycles. The summed E-state index contributed by atoms with van der Waals surface area (Å²) < 4.78 is 5.67. The lowest BCUT2D eigenvalue weighted by molar-refractivity contribution is -0.149. The number of hydrogen-bond donors (Lipinski definition) is 0. The van der Waals surface area contributed by atoms with Crippen LogP contribution in [0.4, 0.5) is 0 Å². The van der Waals surface area contributed by atoms with Gasteiger partial charge in [-0.25, -0.2) is 4.79 Å². The number of rotatable bonds is 3. The van der Waals surface area contributed by atoms with Crippen LogP contribution >= 0.6 is 0 Å². The van der Waals surface area contributed by atoms with Crippen molar-refractivity contribution in [3.05, 3.63) is 12.2 Å². The van der Waals surface area contributed by atoms with E-state index in [1.54, 1.807) is 12.2 Å². The molecule has 0 aromatic carbocycles. The van der Waals surface area contributed by atoms with E-state index >= 15 is 0 Å². The minimum atomic E-state index is -0.148. The summed E-state index contributed by atoms with van der Waals surface area (Å²) in [5.74, 6) is 1.29. The van der Waals surface area contributed by atoms with Crippen LogP contribution in [-0.4, -0.2) is 12.1 Å². The fourth-order valence-electron chi connectivity index (χ4n) is 3.70. The average molecular weight is 250 g/mol. The molecule has 0 N–H and O–H groups in total. The molecule has 2 rings (SSSR count). The van der Waals surface area contributed by atoms with Gasteiger partial charge in [0.15, 0.2) is 0 Å². The summed E-state index contributed by atoms with van der Waals surface area (Å²) in [5.41, 5.74) is 0. The molecule has 2 aliphatic carbocycles. The lowest BCUT2D eigenvalue weighted by Gasteiger charge is -2.38. The van der Waals surface area contributed by atoms with E-state index in [4.69, 9.17) is 4.74 Å². The van der Waals surface area contributed by atoms with Gasteiger partial charge < -0.3 is 4.74 Å². The molecule has 2 heteroatoms. The zero-order valence-electron chi connectivity index (χ0n) is 11.6. The lowest BCUT2D eigenvalue weighted by Crippen LogP contribution is -2.35. The molecule has 0 saturated heterocycles. The summed E-state index contributed by atoms with van der Waals surface area (Å²) >= 11 is 0. The van der Waals surface area contributed by atoms with Gasteiger partial charge in [-0.3, -0.25) is 0 Å². The third-order valence-electron chi connectivity index (χ3n) is 4.58.